The summed E-state index contributed by atoms with van der Waals surface area (Å²) in [6.07, 6.45) is 3.50. The molecule has 32 heavy (non-hydrogen) atoms. The lowest BCUT2D eigenvalue weighted by atomic mass is 9.93. The highest BCUT2D eigenvalue weighted by atomic mass is 16.5. The minimum Gasteiger partial charge on any atom is -0.497 e. The summed E-state index contributed by atoms with van der Waals surface area (Å²) in [6.45, 7) is 1.61. The van der Waals surface area contributed by atoms with Gasteiger partial charge in [0.1, 0.15) is 23.1 Å². The molecule has 1 aromatic heterocycles. The third-order valence-electron chi connectivity index (χ3n) is 5.35. The number of carbonyl (C=O) groups is 2. The summed E-state index contributed by atoms with van der Waals surface area (Å²) in [5.41, 5.74) is 3.56. The molecule has 7 heteroatoms. The van der Waals surface area contributed by atoms with E-state index in [1.807, 2.05) is 66.9 Å². The molecule has 0 N–H and O–H groups in total. The van der Waals surface area contributed by atoms with Gasteiger partial charge in [0.15, 0.2) is 0 Å². The summed E-state index contributed by atoms with van der Waals surface area (Å²) in [4.78, 5) is 26.1. The van der Waals surface area contributed by atoms with Crippen LogP contribution in [0.1, 0.15) is 12.5 Å². The van der Waals surface area contributed by atoms with E-state index < -0.39 is 11.8 Å². The maximum atomic E-state index is 12.9. The fraction of sp³-hybridized carbons (Fsp3) is 0.120. The number of imide groups is 1. The Hall–Kier alpha value is -4.44. The number of methoxy groups -OCH3 is 1. The standard InChI is InChI=1S/C25H20N4O3/c1-16-21(24(30)28(2)25(31)22(16)14-26)13-18-15-29(19-9-5-4-6-10-19)27-23(18)17-8-7-11-20(12-17)32-3/h4-13,15H,1-3H3/b21-13+. The molecule has 0 saturated carbocycles. The average Bonchev–Trinajstić information content (AvgIpc) is 3.25. The molecule has 0 spiro atoms. The first-order valence-corrected chi connectivity index (χ1v) is 9.89. The molecule has 0 aliphatic carbocycles. The number of amides is 2. The van der Waals surface area contributed by atoms with Crippen molar-refractivity contribution in [1.29, 1.82) is 5.26 Å². The average molecular weight is 424 g/mol. The molecule has 0 bridgehead atoms. The number of para-hydroxylation sites is 1. The van der Waals surface area contributed by atoms with Crippen LogP contribution in [0.3, 0.4) is 0 Å². The van der Waals surface area contributed by atoms with Gasteiger partial charge in [-0.2, -0.15) is 10.4 Å². The molecule has 0 saturated heterocycles. The van der Waals surface area contributed by atoms with Crippen LogP contribution in [-0.2, 0) is 9.59 Å². The quantitative estimate of drug-likeness (QED) is 0.470. The smallest absolute Gasteiger partial charge is 0.271 e. The van der Waals surface area contributed by atoms with Crippen LogP contribution >= 0.6 is 0 Å². The van der Waals surface area contributed by atoms with E-state index in [1.165, 1.54) is 7.05 Å². The third kappa shape index (κ3) is 3.59. The largest absolute Gasteiger partial charge is 0.497 e. The van der Waals surface area contributed by atoms with Crippen LogP contribution in [0.4, 0.5) is 0 Å². The van der Waals surface area contributed by atoms with Gasteiger partial charge in [-0.15, -0.1) is 0 Å². The van der Waals surface area contributed by atoms with Crippen LogP contribution in [0.2, 0.25) is 0 Å². The van der Waals surface area contributed by atoms with Crippen molar-refractivity contribution < 1.29 is 14.3 Å². The molecule has 1 aliphatic heterocycles. The number of hydrogen-bond acceptors (Lipinski definition) is 5. The molecule has 0 atom stereocenters. The van der Waals surface area contributed by atoms with Gasteiger partial charge in [0.25, 0.3) is 11.8 Å². The first kappa shape index (κ1) is 20.8. The van der Waals surface area contributed by atoms with Crippen LogP contribution in [0.15, 0.2) is 77.5 Å². The highest BCUT2D eigenvalue weighted by molar-refractivity contribution is 6.19. The number of nitrogens with zero attached hydrogens (tertiary/aromatic N) is 4. The normalized spacial score (nSPS) is 15.3. The van der Waals surface area contributed by atoms with E-state index in [0.29, 0.717) is 22.6 Å². The maximum Gasteiger partial charge on any atom is 0.271 e. The molecule has 3 aromatic rings. The molecule has 7 nitrogen and oxygen atoms in total. The predicted molar refractivity (Wildman–Crippen MR) is 120 cm³/mol. The minimum atomic E-state index is -0.597. The predicted octanol–water partition coefficient (Wildman–Crippen LogP) is 3.77. The number of carbonyl (C=O) groups excluding carboxylic acids is 2. The van der Waals surface area contributed by atoms with E-state index in [9.17, 15) is 14.9 Å². The number of rotatable bonds is 4. The molecule has 1 aliphatic rings. The highest BCUT2D eigenvalue weighted by Gasteiger charge is 2.33. The van der Waals surface area contributed by atoms with Gasteiger partial charge in [0.05, 0.1) is 12.8 Å². The molecule has 0 unspecified atom stereocenters. The molecule has 0 radical (unpaired) electrons. The van der Waals surface area contributed by atoms with Gasteiger partial charge < -0.3 is 4.74 Å². The van der Waals surface area contributed by atoms with E-state index in [-0.39, 0.29) is 11.1 Å². The summed E-state index contributed by atoms with van der Waals surface area (Å²) < 4.78 is 7.08. The number of nitriles is 1. The molecule has 2 aromatic carbocycles. The van der Waals surface area contributed by atoms with Crippen molar-refractivity contribution in [1.82, 2.24) is 14.7 Å². The second kappa shape index (κ2) is 8.36. The van der Waals surface area contributed by atoms with Gasteiger partial charge in [-0.25, -0.2) is 4.68 Å². The van der Waals surface area contributed by atoms with E-state index in [0.717, 1.165) is 16.2 Å². The number of benzene rings is 2. The Morgan fingerprint density at radius 1 is 1.06 bits per heavy atom. The van der Waals surface area contributed by atoms with Gasteiger partial charge in [-0.3, -0.25) is 14.5 Å². The van der Waals surface area contributed by atoms with Gasteiger partial charge in [-0.1, -0.05) is 30.3 Å². The number of aromatic nitrogens is 2. The Morgan fingerprint density at radius 2 is 1.81 bits per heavy atom. The second-order valence-electron chi connectivity index (χ2n) is 7.28. The minimum absolute atomic E-state index is 0.0447. The van der Waals surface area contributed by atoms with Crippen molar-refractivity contribution in [2.24, 2.45) is 0 Å². The number of likely N-dealkylation sites (N-methyl/N-ethyl adjacent to an activating group) is 1. The van der Waals surface area contributed by atoms with Crippen molar-refractivity contribution in [3.05, 3.63) is 83.1 Å². The lowest BCUT2D eigenvalue weighted by Crippen LogP contribution is -2.39. The fourth-order valence-corrected chi connectivity index (χ4v) is 3.55. The lowest BCUT2D eigenvalue weighted by molar-refractivity contribution is -0.138. The maximum absolute atomic E-state index is 12.9. The lowest BCUT2D eigenvalue weighted by Gasteiger charge is -2.23. The van der Waals surface area contributed by atoms with Crippen molar-refractivity contribution in [3.8, 4) is 28.8 Å². The van der Waals surface area contributed by atoms with Gasteiger partial charge in [-0.05, 0) is 42.8 Å². The molecule has 2 heterocycles. The Kier molecular flexibility index (Phi) is 5.44. The van der Waals surface area contributed by atoms with Gasteiger partial charge in [0, 0.05) is 29.9 Å². The van der Waals surface area contributed by atoms with Crippen LogP contribution in [0, 0.1) is 11.3 Å². The Bertz CT molecular complexity index is 1330. The topological polar surface area (TPSA) is 88.2 Å². The van der Waals surface area contributed by atoms with E-state index in [1.54, 1.807) is 24.8 Å². The van der Waals surface area contributed by atoms with Crippen LogP contribution < -0.4 is 4.74 Å². The van der Waals surface area contributed by atoms with Gasteiger partial charge in [0.2, 0.25) is 0 Å². The van der Waals surface area contributed by atoms with E-state index >= 15 is 0 Å². The zero-order chi connectivity index (χ0) is 22.8. The third-order valence-corrected chi connectivity index (χ3v) is 5.35. The van der Waals surface area contributed by atoms with Gasteiger partial charge >= 0.3 is 0 Å². The summed E-state index contributed by atoms with van der Waals surface area (Å²) in [6, 6.07) is 19.0. The molecule has 158 valence electrons. The monoisotopic (exact) mass is 424 g/mol. The summed E-state index contributed by atoms with van der Waals surface area (Å²) >= 11 is 0. The van der Waals surface area contributed by atoms with Crippen LogP contribution in [-0.4, -0.2) is 40.7 Å². The number of hydrogen-bond donors (Lipinski definition) is 0. The first-order valence-electron chi connectivity index (χ1n) is 9.89. The highest BCUT2D eigenvalue weighted by Crippen LogP contribution is 2.31. The molecular weight excluding hydrogens is 404 g/mol. The zero-order valence-electron chi connectivity index (χ0n) is 17.9. The van der Waals surface area contributed by atoms with E-state index in [4.69, 9.17) is 9.84 Å². The first-order chi connectivity index (χ1) is 15.4. The van der Waals surface area contributed by atoms with Crippen LogP contribution in [0.25, 0.3) is 23.0 Å². The second-order valence-corrected chi connectivity index (χ2v) is 7.28. The van der Waals surface area contributed by atoms with E-state index in [2.05, 4.69) is 0 Å². The van der Waals surface area contributed by atoms with Crippen molar-refractivity contribution in [3.63, 3.8) is 0 Å². The SMILES string of the molecule is COc1cccc(-c2nn(-c3ccccc3)cc2/C=C2/C(=O)N(C)C(=O)C(C#N)=C2C)c1. The van der Waals surface area contributed by atoms with Crippen molar-refractivity contribution >= 4 is 17.9 Å². The Labute approximate surface area is 185 Å². The zero-order valence-corrected chi connectivity index (χ0v) is 17.9. The molecular formula is C25H20N4O3. The molecule has 2 amide bonds. The summed E-state index contributed by atoms with van der Waals surface area (Å²) in [5, 5.41) is 14.2. The van der Waals surface area contributed by atoms with Crippen LogP contribution in [0.5, 0.6) is 5.75 Å². The van der Waals surface area contributed by atoms with Crippen molar-refractivity contribution in [2.75, 3.05) is 14.2 Å². The fourth-order valence-electron chi connectivity index (χ4n) is 3.55. The number of ether oxygens (including phenoxy) is 1. The summed E-state index contributed by atoms with van der Waals surface area (Å²) in [7, 11) is 2.97. The Morgan fingerprint density at radius 3 is 2.50 bits per heavy atom. The van der Waals surface area contributed by atoms with Crippen molar-refractivity contribution in [2.45, 2.75) is 6.92 Å². The molecule has 4 rings (SSSR count). The Balaban J connectivity index is 1.94. The summed E-state index contributed by atoms with van der Waals surface area (Å²) in [5.74, 6) is -0.381. The molecule has 0 fully saturated rings.